The molecule has 0 spiro atoms. The van der Waals surface area contributed by atoms with E-state index in [0.717, 1.165) is 41.4 Å². The summed E-state index contributed by atoms with van der Waals surface area (Å²) in [7, 11) is -3.98. The van der Waals surface area contributed by atoms with Crippen LogP contribution in [0.2, 0.25) is 5.02 Å². The van der Waals surface area contributed by atoms with E-state index in [-0.39, 0.29) is 34.1 Å². The van der Waals surface area contributed by atoms with Crippen molar-refractivity contribution >= 4 is 38.5 Å². The molecule has 1 fully saturated rings. The molecule has 1 aliphatic carbocycles. The first-order chi connectivity index (χ1) is 17.2. The van der Waals surface area contributed by atoms with E-state index in [1.807, 2.05) is 6.92 Å². The van der Waals surface area contributed by atoms with Crippen molar-refractivity contribution in [1.82, 2.24) is 18.9 Å². The van der Waals surface area contributed by atoms with E-state index in [1.54, 1.807) is 30.3 Å². The van der Waals surface area contributed by atoms with Crippen LogP contribution in [0.5, 0.6) is 0 Å². The van der Waals surface area contributed by atoms with E-state index in [1.165, 1.54) is 12.4 Å². The highest BCUT2D eigenvalue weighted by Crippen LogP contribution is 2.33. The summed E-state index contributed by atoms with van der Waals surface area (Å²) >= 11 is 6.20. The van der Waals surface area contributed by atoms with Gasteiger partial charge in [-0.05, 0) is 43.9 Å². The van der Waals surface area contributed by atoms with Gasteiger partial charge in [0.25, 0.3) is 10.0 Å². The molecule has 1 saturated carbocycles. The summed E-state index contributed by atoms with van der Waals surface area (Å²) in [5, 5.41) is 3.83. The Hall–Kier alpha value is -3.08. The summed E-state index contributed by atoms with van der Waals surface area (Å²) in [6, 6.07) is 8.19. The van der Waals surface area contributed by atoms with Crippen LogP contribution in [0.3, 0.4) is 0 Å². The Bertz CT molecular complexity index is 1520. The first kappa shape index (κ1) is 24.6. The molecular formula is C25H26ClFN6O2S. The zero-order valence-electron chi connectivity index (χ0n) is 19.7. The molecule has 2 atom stereocenters. The van der Waals surface area contributed by atoms with E-state index in [9.17, 15) is 12.8 Å². The number of nitrogens with one attached hydrogen (secondary N) is 1. The van der Waals surface area contributed by atoms with Gasteiger partial charge in [0.1, 0.15) is 0 Å². The van der Waals surface area contributed by atoms with Gasteiger partial charge in [-0.3, -0.25) is 0 Å². The molecule has 5 rings (SSSR count). The molecule has 0 bridgehead atoms. The van der Waals surface area contributed by atoms with Crippen LogP contribution in [-0.4, -0.2) is 39.9 Å². The molecule has 0 saturated heterocycles. The van der Waals surface area contributed by atoms with E-state index in [0.29, 0.717) is 22.5 Å². The van der Waals surface area contributed by atoms with Gasteiger partial charge in [0.05, 0.1) is 16.1 Å². The predicted molar refractivity (Wildman–Crippen MR) is 138 cm³/mol. The third-order valence-corrected chi connectivity index (χ3v) is 8.51. The van der Waals surface area contributed by atoms with E-state index in [2.05, 4.69) is 20.3 Å². The lowest BCUT2D eigenvalue weighted by molar-refractivity contribution is 0.321. The van der Waals surface area contributed by atoms with Gasteiger partial charge in [-0.1, -0.05) is 42.1 Å². The molecule has 3 heterocycles. The number of nitrogens with two attached hydrogens (primary N) is 1. The largest absolute Gasteiger partial charge is 0.367 e. The Kier molecular flexibility index (Phi) is 6.67. The second-order valence-corrected chi connectivity index (χ2v) is 11.4. The normalized spacial score (nSPS) is 18.4. The van der Waals surface area contributed by atoms with Crippen LogP contribution < -0.4 is 11.1 Å². The number of hydrogen-bond donors (Lipinski definition) is 2. The van der Waals surface area contributed by atoms with Crippen LogP contribution in [0.1, 0.15) is 31.2 Å². The second-order valence-electron chi connectivity index (χ2n) is 9.16. The average molecular weight is 529 g/mol. The predicted octanol–water partition coefficient (Wildman–Crippen LogP) is 4.76. The van der Waals surface area contributed by atoms with Crippen LogP contribution >= 0.6 is 11.6 Å². The van der Waals surface area contributed by atoms with Gasteiger partial charge >= 0.3 is 0 Å². The molecule has 3 aromatic heterocycles. The smallest absolute Gasteiger partial charge is 0.269 e. The highest BCUT2D eigenvalue weighted by atomic mass is 35.5. The Morgan fingerprint density at radius 1 is 1.17 bits per heavy atom. The SMILES string of the molecule is Cc1ccc(S(=O)(=O)n2cc(-c3ncc(F)c(NC[C@@H]4CCCC[C@H]4N)n3)c3cc(Cl)cnc32)cc1. The van der Waals surface area contributed by atoms with E-state index in [4.69, 9.17) is 17.3 Å². The van der Waals surface area contributed by atoms with Crippen molar-refractivity contribution in [3.63, 3.8) is 0 Å². The highest BCUT2D eigenvalue weighted by molar-refractivity contribution is 7.90. The molecule has 0 amide bonds. The number of aryl methyl sites for hydroxylation is 1. The van der Waals surface area contributed by atoms with Crippen molar-refractivity contribution in [2.45, 2.75) is 43.5 Å². The summed E-state index contributed by atoms with van der Waals surface area (Å²) in [5.41, 5.74) is 7.71. The highest BCUT2D eigenvalue weighted by Gasteiger charge is 2.25. The molecule has 0 aliphatic heterocycles. The molecule has 3 N–H and O–H groups in total. The van der Waals surface area contributed by atoms with Gasteiger partial charge in [0.15, 0.2) is 23.1 Å². The third-order valence-electron chi connectivity index (χ3n) is 6.64. The van der Waals surface area contributed by atoms with Crippen LogP contribution in [-0.2, 0) is 10.0 Å². The fourth-order valence-corrected chi connectivity index (χ4v) is 6.06. The van der Waals surface area contributed by atoms with Crippen LogP contribution in [0.25, 0.3) is 22.4 Å². The van der Waals surface area contributed by atoms with Gasteiger partial charge in [-0.25, -0.2) is 31.7 Å². The van der Waals surface area contributed by atoms with Crippen molar-refractivity contribution in [2.75, 3.05) is 11.9 Å². The fraction of sp³-hybridized carbons (Fsp3) is 0.320. The molecule has 4 aromatic rings. The number of hydrogen-bond acceptors (Lipinski definition) is 7. The van der Waals surface area contributed by atoms with Crippen LogP contribution in [0.4, 0.5) is 10.2 Å². The van der Waals surface area contributed by atoms with E-state index >= 15 is 0 Å². The zero-order chi connectivity index (χ0) is 25.4. The molecule has 11 heteroatoms. The number of fused-ring (bicyclic) bond motifs is 1. The minimum absolute atomic E-state index is 0.0371. The summed E-state index contributed by atoms with van der Waals surface area (Å²) in [5.74, 6) is -0.190. The van der Waals surface area contributed by atoms with Gasteiger partial charge in [-0.15, -0.1) is 0 Å². The first-order valence-corrected chi connectivity index (χ1v) is 13.6. The fourth-order valence-electron chi connectivity index (χ4n) is 4.58. The van der Waals surface area contributed by atoms with Crippen molar-refractivity contribution in [2.24, 2.45) is 11.7 Å². The lowest BCUT2D eigenvalue weighted by atomic mass is 9.85. The Morgan fingerprint density at radius 2 is 1.92 bits per heavy atom. The second kappa shape index (κ2) is 9.76. The van der Waals surface area contributed by atoms with Gasteiger partial charge in [0.2, 0.25) is 0 Å². The Balaban J connectivity index is 1.56. The quantitative estimate of drug-likeness (QED) is 0.370. The Morgan fingerprint density at radius 3 is 2.67 bits per heavy atom. The molecule has 1 aromatic carbocycles. The molecule has 1 aliphatic rings. The number of benzene rings is 1. The first-order valence-electron chi connectivity index (χ1n) is 11.8. The lowest BCUT2D eigenvalue weighted by Crippen LogP contribution is -2.37. The monoisotopic (exact) mass is 528 g/mol. The molecule has 0 unspecified atom stereocenters. The standard InChI is InChI=1S/C25H26ClFN6O2S/c1-15-6-8-18(9-7-15)36(34,35)33-14-20(19-10-17(26)12-31-25(19)33)23-30-13-21(27)24(32-23)29-11-16-4-2-3-5-22(16)28/h6-10,12-14,16,22H,2-5,11,28H2,1H3,(H,29,30,32)/t16-,22+/m0/s1. The maximum Gasteiger partial charge on any atom is 0.269 e. The van der Waals surface area contributed by atoms with Crippen molar-refractivity contribution < 1.29 is 12.8 Å². The zero-order valence-corrected chi connectivity index (χ0v) is 21.2. The van der Waals surface area contributed by atoms with E-state index < -0.39 is 15.8 Å². The van der Waals surface area contributed by atoms with Gasteiger partial charge in [-0.2, -0.15) is 0 Å². The van der Waals surface area contributed by atoms with Crippen molar-refractivity contribution in [3.05, 3.63) is 65.3 Å². The maximum atomic E-state index is 14.6. The molecule has 8 nitrogen and oxygen atoms in total. The number of rotatable bonds is 6. The van der Waals surface area contributed by atoms with Crippen molar-refractivity contribution in [1.29, 1.82) is 0 Å². The number of anilines is 1. The van der Waals surface area contributed by atoms with Crippen LogP contribution in [0, 0.1) is 18.7 Å². The third kappa shape index (κ3) is 4.68. The summed E-state index contributed by atoms with van der Waals surface area (Å²) < 4.78 is 42.7. The molecule has 0 radical (unpaired) electrons. The maximum absolute atomic E-state index is 14.6. The summed E-state index contributed by atoms with van der Waals surface area (Å²) in [6.45, 7) is 2.37. The molecular weight excluding hydrogens is 503 g/mol. The Labute approximate surface area is 213 Å². The van der Waals surface area contributed by atoms with Gasteiger partial charge < -0.3 is 11.1 Å². The number of halogens is 2. The summed E-state index contributed by atoms with van der Waals surface area (Å²) in [6.07, 6.45) is 7.98. The minimum Gasteiger partial charge on any atom is -0.367 e. The topological polar surface area (TPSA) is 116 Å². The molecule has 188 valence electrons. The number of pyridine rings is 1. The molecule has 36 heavy (non-hydrogen) atoms. The van der Waals surface area contributed by atoms with Crippen LogP contribution in [0.15, 0.2) is 53.8 Å². The average Bonchev–Trinajstić information content (AvgIpc) is 3.24. The number of nitrogens with zero attached hydrogens (tertiary/aromatic N) is 4. The summed E-state index contributed by atoms with van der Waals surface area (Å²) in [4.78, 5) is 12.9. The number of aromatic nitrogens is 4. The lowest BCUT2D eigenvalue weighted by Gasteiger charge is -2.28. The van der Waals surface area contributed by atoms with Crippen molar-refractivity contribution in [3.8, 4) is 11.4 Å². The van der Waals surface area contributed by atoms with Gasteiger partial charge in [0, 0.05) is 35.9 Å². The minimum atomic E-state index is -3.98.